The third-order valence-electron chi connectivity index (χ3n) is 3.02. The first-order chi connectivity index (χ1) is 8.42. The standard InChI is InChI=1S/C13H21ClN2O2/c1-6-9-12(14)10(16(4)15-9)7-11(17)13(18-5)8(2)3/h8,13H,6-7H2,1-5H3. The van der Waals surface area contributed by atoms with E-state index >= 15 is 0 Å². The van der Waals surface area contributed by atoms with Gasteiger partial charge in [0.15, 0.2) is 5.78 Å². The molecule has 4 nitrogen and oxygen atoms in total. The van der Waals surface area contributed by atoms with Crippen LogP contribution in [-0.2, 0) is 29.4 Å². The zero-order valence-electron chi connectivity index (χ0n) is 11.7. The molecule has 0 fully saturated rings. The number of carbonyl (C=O) groups is 1. The fourth-order valence-electron chi connectivity index (χ4n) is 2.05. The van der Waals surface area contributed by atoms with Crippen molar-refractivity contribution in [3.05, 3.63) is 16.4 Å². The first-order valence-corrected chi connectivity index (χ1v) is 6.55. The van der Waals surface area contributed by atoms with E-state index in [0.29, 0.717) is 5.02 Å². The Hall–Kier alpha value is -0.870. The summed E-state index contributed by atoms with van der Waals surface area (Å²) in [5.74, 6) is 0.195. The van der Waals surface area contributed by atoms with Crippen molar-refractivity contribution in [2.75, 3.05) is 7.11 Å². The van der Waals surface area contributed by atoms with Crippen LogP contribution in [0.4, 0.5) is 0 Å². The molecule has 0 radical (unpaired) electrons. The van der Waals surface area contributed by atoms with Crippen LogP contribution in [0.3, 0.4) is 0 Å². The molecule has 1 unspecified atom stereocenters. The molecule has 0 saturated heterocycles. The first-order valence-electron chi connectivity index (χ1n) is 6.18. The molecule has 0 bridgehead atoms. The normalized spacial score (nSPS) is 13.1. The first kappa shape index (κ1) is 15.2. The van der Waals surface area contributed by atoms with Crippen molar-refractivity contribution in [3.63, 3.8) is 0 Å². The summed E-state index contributed by atoms with van der Waals surface area (Å²) in [7, 11) is 3.37. The maximum atomic E-state index is 12.2. The van der Waals surface area contributed by atoms with Crippen LogP contribution >= 0.6 is 11.6 Å². The quantitative estimate of drug-likeness (QED) is 0.799. The lowest BCUT2D eigenvalue weighted by atomic mass is 9.99. The van der Waals surface area contributed by atoms with Gasteiger partial charge in [-0.15, -0.1) is 0 Å². The molecule has 1 rings (SSSR count). The topological polar surface area (TPSA) is 44.1 Å². The van der Waals surface area contributed by atoms with E-state index in [9.17, 15) is 4.79 Å². The number of aromatic nitrogens is 2. The Kier molecular flexibility index (Phi) is 5.35. The van der Waals surface area contributed by atoms with Crippen molar-refractivity contribution in [1.82, 2.24) is 9.78 Å². The minimum atomic E-state index is -0.388. The number of ether oxygens (including phenoxy) is 1. The van der Waals surface area contributed by atoms with Crippen LogP contribution < -0.4 is 0 Å². The minimum Gasteiger partial charge on any atom is -0.373 e. The molecule has 0 amide bonds. The van der Waals surface area contributed by atoms with Gasteiger partial charge in [-0.25, -0.2) is 0 Å². The number of halogens is 1. The Morgan fingerprint density at radius 3 is 2.50 bits per heavy atom. The number of hydrogen-bond acceptors (Lipinski definition) is 3. The summed E-state index contributed by atoms with van der Waals surface area (Å²) in [5.41, 5.74) is 1.60. The molecular weight excluding hydrogens is 252 g/mol. The SMILES string of the molecule is CCc1nn(C)c(CC(=O)C(OC)C(C)C)c1Cl. The van der Waals surface area contributed by atoms with E-state index in [2.05, 4.69) is 5.10 Å². The monoisotopic (exact) mass is 272 g/mol. The second-order valence-corrected chi connectivity index (χ2v) is 5.11. The summed E-state index contributed by atoms with van der Waals surface area (Å²) < 4.78 is 6.92. The van der Waals surface area contributed by atoms with Gasteiger partial charge in [-0.1, -0.05) is 32.4 Å². The molecular formula is C13H21ClN2O2. The number of nitrogens with zero attached hydrogens (tertiary/aromatic N) is 2. The minimum absolute atomic E-state index is 0.0417. The predicted octanol–water partition coefficient (Wildman–Crippen LogP) is 2.42. The molecule has 1 aromatic heterocycles. The molecule has 0 saturated carbocycles. The van der Waals surface area contributed by atoms with Gasteiger partial charge in [-0.2, -0.15) is 5.10 Å². The largest absolute Gasteiger partial charge is 0.373 e. The molecule has 1 atom stereocenters. The van der Waals surface area contributed by atoms with Gasteiger partial charge in [-0.3, -0.25) is 9.48 Å². The van der Waals surface area contributed by atoms with Crippen LogP contribution in [0.15, 0.2) is 0 Å². The lowest BCUT2D eigenvalue weighted by Crippen LogP contribution is -2.30. The van der Waals surface area contributed by atoms with Gasteiger partial charge < -0.3 is 4.74 Å². The fraction of sp³-hybridized carbons (Fsp3) is 0.692. The number of rotatable bonds is 6. The summed E-state index contributed by atoms with van der Waals surface area (Å²) >= 11 is 6.22. The summed E-state index contributed by atoms with van der Waals surface area (Å²) in [6, 6.07) is 0. The van der Waals surface area contributed by atoms with Crippen molar-refractivity contribution in [3.8, 4) is 0 Å². The molecule has 0 aliphatic heterocycles. The molecule has 102 valence electrons. The number of hydrogen-bond donors (Lipinski definition) is 0. The molecule has 0 aromatic carbocycles. The smallest absolute Gasteiger partial charge is 0.167 e. The van der Waals surface area contributed by atoms with E-state index in [1.807, 2.05) is 27.8 Å². The average Bonchev–Trinajstić information content (AvgIpc) is 2.56. The van der Waals surface area contributed by atoms with Gasteiger partial charge in [0.2, 0.25) is 0 Å². The number of aryl methyl sites for hydroxylation is 2. The van der Waals surface area contributed by atoms with E-state index in [0.717, 1.165) is 17.8 Å². The van der Waals surface area contributed by atoms with Gasteiger partial charge in [-0.05, 0) is 12.3 Å². The van der Waals surface area contributed by atoms with Gasteiger partial charge >= 0.3 is 0 Å². The van der Waals surface area contributed by atoms with Crippen LogP contribution in [0.1, 0.15) is 32.2 Å². The second kappa shape index (κ2) is 6.34. The van der Waals surface area contributed by atoms with Crippen LogP contribution in [-0.4, -0.2) is 28.8 Å². The second-order valence-electron chi connectivity index (χ2n) is 4.73. The molecule has 0 aliphatic carbocycles. The average molecular weight is 273 g/mol. The van der Waals surface area contributed by atoms with Gasteiger partial charge in [0, 0.05) is 14.2 Å². The summed E-state index contributed by atoms with van der Waals surface area (Å²) in [4.78, 5) is 12.2. The van der Waals surface area contributed by atoms with E-state index in [1.54, 1.807) is 11.8 Å². The van der Waals surface area contributed by atoms with E-state index in [1.165, 1.54) is 0 Å². The molecule has 5 heteroatoms. The van der Waals surface area contributed by atoms with E-state index < -0.39 is 0 Å². The van der Waals surface area contributed by atoms with Crippen LogP contribution in [0.25, 0.3) is 0 Å². The molecule has 0 spiro atoms. The third kappa shape index (κ3) is 3.12. The number of ketones is 1. The van der Waals surface area contributed by atoms with Crippen LogP contribution in [0.5, 0.6) is 0 Å². The molecule has 18 heavy (non-hydrogen) atoms. The Bertz CT molecular complexity index is 427. The highest BCUT2D eigenvalue weighted by Crippen LogP contribution is 2.22. The Morgan fingerprint density at radius 1 is 1.50 bits per heavy atom. The van der Waals surface area contributed by atoms with Gasteiger partial charge in [0.05, 0.1) is 22.8 Å². The number of Topliss-reactive ketones (excluding diaryl/α,β-unsaturated/α-hetero) is 1. The molecule has 0 N–H and O–H groups in total. The summed E-state index contributed by atoms with van der Waals surface area (Å²) in [5, 5.41) is 4.91. The highest BCUT2D eigenvalue weighted by Gasteiger charge is 2.24. The van der Waals surface area contributed by atoms with Crippen molar-refractivity contribution < 1.29 is 9.53 Å². The van der Waals surface area contributed by atoms with E-state index in [-0.39, 0.29) is 24.2 Å². The maximum Gasteiger partial charge on any atom is 0.167 e. The Labute approximate surface area is 113 Å². The van der Waals surface area contributed by atoms with Crippen molar-refractivity contribution in [2.45, 2.75) is 39.7 Å². The lowest BCUT2D eigenvalue weighted by molar-refractivity contribution is -0.130. The molecule has 1 aromatic rings. The van der Waals surface area contributed by atoms with Crippen molar-refractivity contribution in [1.29, 1.82) is 0 Å². The summed E-state index contributed by atoms with van der Waals surface area (Å²) in [6.07, 6.45) is 0.638. The number of methoxy groups -OCH3 is 1. The van der Waals surface area contributed by atoms with Crippen molar-refractivity contribution >= 4 is 17.4 Å². The van der Waals surface area contributed by atoms with Gasteiger partial charge in [0.25, 0.3) is 0 Å². The molecule has 1 heterocycles. The number of carbonyl (C=O) groups excluding carboxylic acids is 1. The van der Waals surface area contributed by atoms with Crippen LogP contribution in [0, 0.1) is 5.92 Å². The maximum absolute atomic E-state index is 12.2. The fourth-order valence-corrected chi connectivity index (χ4v) is 2.41. The van der Waals surface area contributed by atoms with Gasteiger partial charge in [0.1, 0.15) is 6.10 Å². The summed E-state index contributed by atoms with van der Waals surface area (Å²) in [6.45, 7) is 5.93. The Morgan fingerprint density at radius 2 is 2.11 bits per heavy atom. The highest BCUT2D eigenvalue weighted by atomic mass is 35.5. The highest BCUT2D eigenvalue weighted by molar-refractivity contribution is 6.32. The molecule has 0 aliphatic rings. The third-order valence-corrected chi connectivity index (χ3v) is 3.46. The zero-order chi connectivity index (χ0) is 13.9. The Balaban J connectivity index is 2.91. The van der Waals surface area contributed by atoms with Crippen molar-refractivity contribution in [2.24, 2.45) is 13.0 Å². The predicted molar refractivity (Wildman–Crippen MR) is 71.9 cm³/mol. The zero-order valence-corrected chi connectivity index (χ0v) is 12.4. The van der Waals surface area contributed by atoms with Crippen LogP contribution in [0.2, 0.25) is 5.02 Å². The van der Waals surface area contributed by atoms with E-state index in [4.69, 9.17) is 16.3 Å². The lowest BCUT2D eigenvalue weighted by Gasteiger charge is -2.17.